The minimum Gasteiger partial charge on any atom is -0.497 e. The normalized spacial score (nSPS) is 13.4. The fraction of sp³-hybridized carbons (Fsp3) is 0.435. The molecule has 0 saturated heterocycles. The first-order valence-corrected chi connectivity index (χ1v) is 12.5. The van der Waals surface area contributed by atoms with E-state index >= 15 is 0 Å². The Morgan fingerprint density at radius 2 is 1.69 bits per heavy atom. The Kier molecular flexibility index (Phi) is 8.81. The standard InChI is InChI=1S/C23H31ClN2O5S/c1-15(2)13-20(17-7-10-19(30-4)11-8-17)25-23(27)16(3)26(32(6,28)29)21-14-18(24)9-12-22(21)31-5/h7-12,14-16,20H,13H2,1-6H3,(H,25,27)/t16-,20+/m1/s1. The highest BCUT2D eigenvalue weighted by Crippen LogP contribution is 2.34. The van der Waals surface area contributed by atoms with Crippen molar-refractivity contribution in [3.8, 4) is 11.5 Å². The van der Waals surface area contributed by atoms with Crippen molar-refractivity contribution in [3.63, 3.8) is 0 Å². The number of hydrogen-bond donors (Lipinski definition) is 1. The Labute approximate surface area is 195 Å². The van der Waals surface area contributed by atoms with Crippen molar-refractivity contribution in [2.75, 3.05) is 24.8 Å². The van der Waals surface area contributed by atoms with E-state index in [1.54, 1.807) is 19.2 Å². The zero-order chi connectivity index (χ0) is 24.1. The number of amides is 1. The number of carbonyl (C=O) groups is 1. The van der Waals surface area contributed by atoms with Gasteiger partial charge >= 0.3 is 0 Å². The molecule has 2 aromatic carbocycles. The lowest BCUT2D eigenvalue weighted by atomic mass is 9.96. The van der Waals surface area contributed by atoms with Crippen LogP contribution < -0.4 is 19.1 Å². The minimum atomic E-state index is -3.83. The Balaban J connectivity index is 2.39. The smallest absolute Gasteiger partial charge is 0.244 e. The van der Waals surface area contributed by atoms with Crippen molar-refractivity contribution < 1.29 is 22.7 Å². The highest BCUT2D eigenvalue weighted by atomic mass is 35.5. The fourth-order valence-corrected chi connectivity index (χ4v) is 4.83. The molecule has 0 heterocycles. The second kappa shape index (κ2) is 10.9. The molecule has 1 amide bonds. The Bertz CT molecular complexity index is 1030. The van der Waals surface area contributed by atoms with Crippen molar-refractivity contribution >= 4 is 33.2 Å². The maximum absolute atomic E-state index is 13.3. The first-order valence-electron chi connectivity index (χ1n) is 10.2. The second-order valence-corrected chi connectivity index (χ2v) is 10.3. The maximum atomic E-state index is 13.3. The van der Waals surface area contributed by atoms with Gasteiger partial charge in [0.1, 0.15) is 17.5 Å². The summed E-state index contributed by atoms with van der Waals surface area (Å²) in [6.07, 6.45) is 1.73. The lowest BCUT2D eigenvalue weighted by Crippen LogP contribution is -2.49. The van der Waals surface area contributed by atoms with Crippen LogP contribution in [0.4, 0.5) is 5.69 Å². The van der Waals surface area contributed by atoms with Gasteiger partial charge in [-0.25, -0.2) is 8.42 Å². The van der Waals surface area contributed by atoms with E-state index in [1.165, 1.54) is 20.1 Å². The van der Waals surface area contributed by atoms with Crippen molar-refractivity contribution in [2.24, 2.45) is 5.92 Å². The van der Waals surface area contributed by atoms with Gasteiger partial charge in [0.25, 0.3) is 0 Å². The van der Waals surface area contributed by atoms with Crippen LogP contribution in [0.15, 0.2) is 42.5 Å². The number of ether oxygens (including phenoxy) is 2. The lowest BCUT2D eigenvalue weighted by molar-refractivity contribution is -0.122. The van der Waals surface area contributed by atoms with Gasteiger partial charge in [-0.05, 0) is 55.2 Å². The fourth-order valence-electron chi connectivity index (χ4n) is 3.49. The Morgan fingerprint density at radius 1 is 1.06 bits per heavy atom. The molecule has 0 spiro atoms. The number of nitrogens with zero attached hydrogens (tertiary/aromatic N) is 1. The summed E-state index contributed by atoms with van der Waals surface area (Å²) in [7, 11) is -0.805. The molecule has 176 valence electrons. The van der Waals surface area contributed by atoms with Crippen LogP contribution in [0, 0.1) is 5.92 Å². The van der Waals surface area contributed by atoms with Gasteiger partial charge in [0.05, 0.1) is 32.2 Å². The van der Waals surface area contributed by atoms with Gasteiger partial charge in [0.15, 0.2) is 0 Å². The zero-order valence-electron chi connectivity index (χ0n) is 19.3. The summed E-state index contributed by atoms with van der Waals surface area (Å²) in [5, 5.41) is 3.35. The molecule has 0 fully saturated rings. The maximum Gasteiger partial charge on any atom is 0.244 e. The van der Waals surface area contributed by atoms with Gasteiger partial charge in [-0.15, -0.1) is 0 Å². The third kappa shape index (κ3) is 6.53. The summed E-state index contributed by atoms with van der Waals surface area (Å²) in [5.41, 5.74) is 1.11. The number of sulfonamides is 1. The van der Waals surface area contributed by atoms with Crippen LogP contribution in [0.25, 0.3) is 0 Å². The van der Waals surface area contributed by atoms with E-state index in [0.29, 0.717) is 28.9 Å². The van der Waals surface area contributed by atoms with Crippen LogP contribution in [0.5, 0.6) is 11.5 Å². The number of nitrogens with one attached hydrogen (secondary N) is 1. The van der Waals surface area contributed by atoms with E-state index in [1.807, 2.05) is 24.3 Å². The van der Waals surface area contributed by atoms with Gasteiger partial charge in [0.2, 0.25) is 15.9 Å². The molecular weight excluding hydrogens is 452 g/mol. The van der Waals surface area contributed by atoms with Crippen LogP contribution in [-0.4, -0.2) is 40.8 Å². The molecule has 0 aliphatic heterocycles. The zero-order valence-corrected chi connectivity index (χ0v) is 20.8. The van der Waals surface area contributed by atoms with Crippen LogP contribution in [-0.2, 0) is 14.8 Å². The summed E-state index contributed by atoms with van der Waals surface area (Å²) in [5.74, 6) is 0.886. The van der Waals surface area contributed by atoms with Crippen molar-refractivity contribution in [1.82, 2.24) is 5.32 Å². The van der Waals surface area contributed by atoms with Gasteiger partial charge in [-0.1, -0.05) is 37.6 Å². The third-order valence-electron chi connectivity index (χ3n) is 5.01. The minimum absolute atomic E-state index is 0.204. The average Bonchev–Trinajstić information content (AvgIpc) is 2.72. The number of anilines is 1. The Morgan fingerprint density at radius 3 is 2.19 bits per heavy atom. The molecule has 0 radical (unpaired) electrons. The van der Waals surface area contributed by atoms with E-state index in [2.05, 4.69) is 19.2 Å². The third-order valence-corrected chi connectivity index (χ3v) is 6.47. The number of methoxy groups -OCH3 is 2. The van der Waals surface area contributed by atoms with E-state index < -0.39 is 22.0 Å². The largest absolute Gasteiger partial charge is 0.497 e. The quantitative estimate of drug-likeness (QED) is 0.542. The van der Waals surface area contributed by atoms with Gasteiger partial charge in [-0.2, -0.15) is 0 Å². The molecule has 7 nitrogen and oxygen atoms in total. The van der Waals surface area contributed by atoms with Crippen molar-refractivity contribution in [3.05, 3.63) is 53.1 Å². The number of rotatable bonds is 10. The van der Waals surface area contributed by atoms with Crippen LogP contribution in [0.1, 0.15) is 38.8 Å². The molecule has 0 aliphatic rings. The summed E-state index contributed by atoms with van der Waals surface area (Å²) in [6, 6.07) is 10.8. The van der Waals surface area contributed by atoms with Crippen LogP contribution >= 0.6 is 11.6 Å². The highest BCUT2D eigenvalue weighted by molar-refractivity contribution is 7.92. The van der Waals surface area contributed by atoms with Gasteiger partial charge < -0.3 is 14.8 Å². The molecule has 2 aromatic rings. The molecular formula is C23H31ClN2O5S. The van der Waals surface area contributed by atoms with Crippen LogP contribution in [0.2, 0.25) is 5.02 Å². The van der Waals surface area contributed by atoms with Gasteiger partial charge in [0, 0.05) is 5.02 Å². The van der Waals surface area contributed by atoms with E-state index in [4.69, 9.17) is 21.1 Å². The molecule has 0 saturated carbocycles. The number of hydrogen-bond acceptors (Lipinski definition) is 5. The molecule has 0 aliphatic carbocycles. The number of benzene rings is 2. The second-order valence-electron chi connectivity index (χ2n) is 8.01. The lowest BCUT2D eigenvalue weighted by Gasteiger charge is -2.31. The summed E-state index contributed by atoms with van der Waals surface area (Å²) < 4.78 is 37.0. The summed E-state index contributed by atoms with van der Waals surface area (Å²) in [4.78, 5) is 13.3. The summed E-state index contributed by atoms with van der Waals surface area (Å²) in [6.45, 7) is 5.66. The topological polar surface area (TPSA) is 84.9 Å². The van der Waals surface area contributed by atoms with Gasteiger partial charge in [-0.3, -0.25) is 9.10 Å². The monoisotopic (exact) mass is 482 g/mol. The highest BCUT2D eigenvalue weighted by Gasteiger charge is 2.32. The Hall–Kier alpha value is -2.45. The van der Waals surface area contributed by atoms with E-state index in [-0.39, 0.29) is 11.7 Å². The van der Waals surface area contributed by atoms with E-state index in [9.17, 15) is 13.2 Å². The molecule has 0 unspecified atom stereocenters. The number of carbonyl (C=O) groups excluding carboxylic acids is 1. The predicted molar refractivity (Wildman–Crippen MR) is 128 cm³/mol. The number of halogens is 1. The molecule has 1 N–H and O–H groups in total. The summed E-state index contributed by atoms with van der Waals surface area (Å²) >= 11 is 6.11. The molecule has 0 aromatic heterocycles. The van der Waals surface area contributed by atoms with Crippen LogP contribution in [0.3, 0.4) is 0 Å². The van der Waals surface area contributed by atoms with Crippen molar-refractivity contribution in [1.29, 1.82) is 0 Å². The van der Waals surface area contributed by atoms with Crippen molar-refractivity contribution in [2.45, 2.75) is 39.3 Å². The molecule has 9 heteroatoms. The molecule has 2 atom stereocenters. The molecule has 2 rings (SSSR count). The van der Waals surface area contributed by atoms with E-state index in [0.717, 1.165) is 16.1 Å². The molecule has 0 bridgehead atoms. The average molecular weight is 483 g/mol. The first kappa shape index (κ1) is 25.8. The SMILES string of the molecule is COc1ccc([C@H](CC(C)C)NC(=O)[C@@H](C)N(c2cc(Cl)ccc2OC)S(C)(=O)=O)cc1. The first-order chi connectivity index (χ1) is 15.0. The molecule has 32 heavy (non-hydrogen) atoms. The predicted octanol–water partition coefficient (Wildman–Crippen LogP) is 4.42.